The fourth-order valence-corrected chi connectivity index (χ4v) is 3.00. The Morgan fingerprint density at radius 1 is 1.24 bits per heavy atom. The van der Waals surface area contributed by atoms with Gasteiger partial charge in [-0.1, -0.05) is 18.6 Å². The number of primary sulfonamides is 1. The van der Waals surface area contributed by atoms with Crippen LogP contribution in [0.2, 0.25) is 0 Å². The summed E-state index contributed by atoms with van der Waals surface area (Å²) in [5.41, 5.74) is 6.26. The van der Waals surface area contributed by atoms with Crippen molar-refractivity contribution >= 4 is 15.9 Å². The third-order valence-corrected chi connectivity index (χ3v) is 5.06. The first-order chi connectivity index (χ1) is 9.87. The smallest absolute Gasteiger partial charge is 0.238 e. The van der Waals surface area contributed by atoms with Crippen LogP contribution in [0.5, 0.6) is 0 Å². The van der Waals surface area contributed by atoms with Gasteiger partial charge in [0.2, 0.25) is 15.9 Å². The van der Waals surface area contributed by atoms with E-state index < -0.39 is 10.0 Å². The molecule has 0 atom stereocenters. The van der Waals surface area contributed by atoms with Gasteiger partial charge in [0.05, 0.1) is 10.3 Å². The van der Waals surface area contributed by atoms with Crippen LogP contribution in [0.15, 0.2) is 29.2 Å². The van der Waals surface area contributed by atoms with E-state index in [1.54, 1.807) is 12.1 Å². The molecule has 5 N–H and O–H groups in total. The molecule has 0 unspecified atom stereocenters. The Bertz CT molecular complexity index is 601. The molecule has 1 aromatic carbocycles. The van der Waals surface area contributed by atoms with Gasteiger partial charge in [-0.3, -0.25) is 4.79 Å². The first-order valence-electron chi connectivity index (χ1n) is 6.97. The summed E-state index contributed by atoms with van der Waals surface area (Å²) in [7, 11) is -3.66. The Hall–Kier alpha value is -1.44. The number of sulfonamides is 1. The molecule has 0 radical (unpaired) electrons. The first kappa shape index (κ1) is 15.9. The molecule has 7 heteroatoms. The number of carbonyl (C=O) groups is 1. The predicted molar refractivity (Wildman–Crippen MR) is 79.9 cm³/mol. The summed E-state index contributed by atoms with van der Waals surface area (Å²) in [5.74, 6) is 0.0254. The number of hydrogen-bond donors (Lipinski definition) is 3. The Kier molecular flexibility index (Phi) is 4.65. The van der Waals surface area contributed by atoms with Crippen LogP contribution in [0, 0.1) is 5.41 Å². The van der Waals surface area contributed by atoms with Crippen LogP contribution in [-0.2, 0) is 21.2 Å². The molecule has 0 saturated heterocycles. The zero-order valence-corrected chi connectivity index (χ0v) is 12.7. The molecule has 1 saturated carbocycles. The van der Waals surface area contributed by atoms with Crippen molar-refractivity contribution in [2.75, 3.05) is 13.1 Å². The van der Waals surface area contributed by atoms with Gasteiger partial charge in [-0.15, -0.1) is 0 Å². The second-order valence-electron chi connectivity index (χ2n) is 5.53. The largest absolute Gasteiger partial charge is 0.355 e. The van der Waals surface area contributed by atoms with Crippen molar-refractivity contribution in [1.29, 1.82) is 0 Å². The molecule has 0 heterocycles. The topological polar surface area (TPSA) is 115 Å². The van der Waals surface area contributed by atoms with Crippen LogP contribution in [0.4, 0.5) is 0 Å². The van der Waals surface area contributed by atoms with Crippen LogP contribution in [0.1, 0.15) is 24.8 Å². The van der Waals surface area contributed by atoms with Crippen LogP contribution in [0.25, 0.3) is 0 Å². The molecule has 0 spiro atoms. The summed E-state index contributed by atoms with van der Waals surface area (Å²) in [6.45, 7) is 0.900. The molecule has 1 fully saturated rings. The fourth-order valence-electron chi connectivity index (χ4n) is 2.48. The highest BCUT2D eigenvalue weighted by atomic mass is 32.2. The van der Waals surface area contributed by atoms with Gasteiger partial charge in [0.15, 0.2) is 0 Å². The zero-order valence-electron chi connectivity index (χ0n) is 11.8. The quantitative estimate of drug-likeness (QED) is 0.692. The summed E-state index contributed by atoms with van der Waals surface area (Å²) in [6, 6.07) is 6.35. The minimum absolute atomic E-state index is 0.0254. The van der Waals surface area contributed by atoms with Crippen LogP contribution >= 0.6 is 0 Å². The maximum Gasteiger partial charge on any atom is 0.238 e. The molecule has 6 nitrogen and oxygen atoms in total. The van der Waals surface area contributed by atoms with E-state index in [0.717, 1.165) is 24.8 Å². The van der Waals surface area contributed by atoms with Crippen LogP contribution in [0.3, 0.4) is 0 Å². The average molecular weight is 311 g/mol. The van der Waals surface area contributed by atoms with E-state index in [0.29, 0.717) is 19.5 Å². The predicted octanol–water partition coefficient (Wildman–Crippen LogP) is 0.122. The normalized spacial score (nSPS) is 17.0. The van der Waals surface area contributed by atoms with Crippen molar-refractivity contribution in [3.05, 3.63) is 29.8 Å². The van der Waals surface area contributed by atoms with Gasteiger partial charge in [0, 0.05) is 13.1 Å². The number of nitrogens with two attached hydrogens (primary N) is 2. The van der Waals surface area contributed by atoms with Gasteiger partial charge >= 0.3 is 0 Å². The van der Waals surface area contributed by atoms with E-state index in [1.165, 1.54) is 12.1 Å². The number of carbonyl (C=O) groups excluding carboxylic acids is 1. The van der Waals surface area contributed by atoms with E-state index in [-0.39, 0.29) is 16.2 Å². The summed E-state index contributed by atoms with van der Waals surface area (Å²) in [6.07, 6.45) is 3.41. The molecule has 0 bridgehead atoms. The molecule has 1 aromatic rings. The van der Waals surface area contributed by atoms with Crippen molar-refractivity contribution in [1.82, 2.24) is 5.32 Å². The minimum atomic E-state index is -3.66. The van der Waals surface area contributed by atoms with Gasteiger partial charge < -0.3 is 11.1 Å². The van der Waals surface area contributed by atoms with E-state index in [9.17, 15) is 13.2 Å². The second-order valence-corrected chi connectivity index (χ2v) is 7.09. The van der Waals surface area contributed by atoms with Crippen molar-refractivity contribution < 1.29 is 13.2 Å². The van der Waals surface area contributed by atoms with Crippen molar-refractivity contribution in [2.45, 2.75) is 30.6 Å². The zero-order chi connectivity index (χ0) is 15.5. The van der Waals surface area contributed by atoms with E-state index in [4.69, 9.17) is 10.9 Å². The number of nitrogens with one attached hydrogen (secondary N) is 1. The summed E-state index contributed by atoms with van der Waals surface area (Å²) in [5, 5.41) is 7.94. The lowest BCUT2D eigenvalue weighted by Crippen LogP contribution is -2.50. The highest BCUT2D eigenvalue weighted by molar-refractivity contribution is 7.89. The SMILES string of the molecule is NCC1(C(=O)NCCc2ccc(S(N)(=O)=O)cc2)CCC1. The first-order valence-corrected chi connectivity index (χ1v) is 8.52. The maximum absolute atomic E-state index is 12.1. The molecule has 0 aromatic heterocycles. The molecule has 1 aliphatic rings. The third kappa shape index (κ3) is 3.61. The van der Waals surface area contributed by atoms with Gasteiger partial charge in [-0.2, -0.15) is 0 Å². The highest BCUT2D eigenvalue weighted by Crippen LogP contribution is 2.39. The van der Waals surface area contributed by atoms with Crippen molar-refractivity contribution in [3.63, 3.8) is 0 Å². The Morgan fingerprint density at radius 3 is 2.29 bits per heavy atom. The highest BCUT2D eigenvalue weighted by Gasteiger charge is 2.42. The maximum atomic E-state index is 12.1. The summed E-state index contributed by atoms with van der Waals surface area (Å²) < 4.78 is 22.3. The molecule has 116 valence electrons. The van der Waals surface area contributed by atoms with Crippen LogP contribution < -0.4 is 16.2 Å². The lowest BCUT2D eigenvalue weighted by molar-refractivity contribution is -0.135. The number of rotatable bonds is 6. The molecule has 2 rings (SSSR count). The molecule has 21 heavy (non-hydrogen) atoms. The van der Waals surface area contributed by atoms with Gasteiger partial charge in [-0.25, -0.2) is 13.6 Å². The van der Waals surface area contributed by atoms with Crippen molar-refractivity contribution in [2.24, 2.45) is 16.3 Å². The Labute approximate surface area is 124 Å². The monoisotopic (exact) mass is 311 g/mol. The van der Waals surface area contributed by atoms with Crippen molar-refractivity contribution in [3.8, 4) is 0 Å². The lowest BCUT2D eigenvalue weighted by Gasteiger charge is -2.39. The Balaban J connectivity index is 1.85. The van der Waals surface area contributed by atoms with Gasteiger partial charge in [0.1, 0.15) is 0 Å². The minimum Gasteiger partial charge on any atom is -0.355 e. The number of hydrogen-bond acceptors (Lipinski definition) is 4. The standard InChI is InChI=1S/C14H21N3O3S/c15-10-14(7-1-8-14)13(18)17-9-6-11-2-4-12(5-3-11)21(16,19)20/h2-5H,1,6-10,15H2,(H,17,18)(H2,16,19,20). The number of benzene rings is 1. The number of amides is 1. The average Bonchev–Trinajstić information content (AvgIpc) is 2.37. The molecule has 1 aliphatic carbocycles. The van der Waals surface area contributed by atoms with Gasteiger partial charge in [0.25, 0.3) is 0 Å². The van der Waals surface area contributed by atoms with Crippen LogP contribution in [-0.4, -0.2) is 27.4 Å². The fraction of sp³-hybridized carbons (Fsp3) is 0.500. The van der Waals surface area contributed by atoms with E-state index >= 15 is 0 Å². The van der Waals surface area contributed by atoms with E-state index in [2.05, 4.69) is 5.32 Å². The third-order valence-electron chi connectivity index (χ3n) is 4.13. The Morgan fingerprint density at radius 2 is 1.86 bits per heavy atom. The summed E-state index contributed by atoms with van der Waals surface area (Å²) in [4.78, 5) is 12.2. The lowest BCUT2D eigenvalue weighted by atomic mass is 9.68. The van der Waals surface area contributed by atoms with E-state index in [1.807, 2.05) is 0 Å². The molecule has 1 amide bonds. The second kappa shape index (κ2) is 6.13. The molecule has 0 aliphatic heterocycles. The molecular weight excluding hydrogens is 290 g/mol. The molecular formula is C14H21N3O3S. The summed E-state index contributed by atoms with van der Waals surface area (Å²) >= 11 is 0. The van der Waals surface area contributed by atoms with Gasteiger partial charge in [-0.05, 0) is 37.0 Å².